The van der Waals surface area contributed by atoms with E-state index in [-0.39, 0.29) is 29.2 Å². The van der Waals surface area contributed by atoms with E-state index in [1.807, 2.05) is 6.07 Å². The number of aromatic nitrogens is 1. The summed E-state index contributed by atoms with van der Waals surface area (Å²) in [6.07, 6.45) is -8.49. The normalized spacial score (nSPS) is 15.1. The Bertz CT molecular complexity index is 1360. The summed E-state index contributed by atoms with van der Waals surface area (Å²) in [4.78, 5) is 16.6. The van der Waals surface area contributed by atoms with Crippen LogP contribution in [0.3, 0.4) is 0 Å². The highest BCUT2D eigenvalue weighted by molar-refractivity contribution is 6.08. The summed E-state index contributed by atoms with van der Waals surface area (Å²) in [5.41, 5.74) is 0.0132. The van der Waals surface area contributed by atoms with Gasteiger partial charge in [-0.05, 0) is 35.9 Å². The highest BCUT2D eigenvalue weighted by atomic mass is 19.3. The van der Waals surface area contributed by atoms with Crippen molar-refractivity contribution in [1.82, 2.24) is 4.98 Å². The predicted molar refractivity (Wildman–Crippen MR) is 108 cm³/mol. The number of hydrogen-bond acceptors (Lipinski definition) is 6. The molecule has 3 aromatic rings. The summed E-state index contributed by atoms with van der Waals surface area (Å²) >= 11 is 0. The summed E-state index contributed by atoms with van der Waals surface area (Å²) in [5.74, 6) is -5.02. The molecule has 2 heterocycles. The lowest BCUT2D eigenvalue weighted by Gasteiger charge is -2.31. The Morgan fingerprint density at radius 3 is 2.37 bits per heavy atom. The molecule has 2 aromatic carbocycles. The van der Waals surface area contributed by atoms with E-state index in [1.54, 1.807) is 6.07 Å². The highest BCUT2D eigenvalue weighted by Crippen LogP contribution is 2.47. The number of carbonyl (C=O) groups excluding carboxylic acids is 1. The summed E-state index contributed by atoms with van der Waals surface area (Å²) < 4.78 is 89.2. The quantitative estimate of drug-likeness (QED) is 0.482. The lowest BCUT2D eigenvalue weighted by Crippen LogP contribution is -2.52. The number of nitriles is 1. The number of alkyl halides is 4. The summed E-state index contributed by atoms with van der Waals surface area (Å²) in [5, 5.41) is 14.0. The SMILES string of the molecule is N#Cc1cc(CNc2cc(F)c(F)cc2C(=O)Nc2ccc3c(c2)OC(F)(F)C(F)(F)O3)ccn1. The van der Waals surface area contributed by atoms with Crippen molar-refractivity contribution < 1.29 is 40.6 Å². The van der Waals surface area contributed by atoms with E-state index in [2.05, 4.69) is 25.1 Å². The number of amides is 1. The number of anilines is 2. The number of carbonyl (C=O) groups is 1. The molecule has 1 aromatic heterocycles. The molecule has 0 unspecified atom stereocenters. The maximum atomic E-state index is 13.9. The standard InChI is InChI=1S/C22H12F6N4O3/c23-15-7-14(17(8-16(15)24)31-10-11-3-4-30-13(5-11)9-29)20(33)32-12-1-2-18-19(6-12)35-22(27,28)21(25,26)34-18/h1-8,31H,10H2,(H,32,33). The molecule has 1 aliphatic heterocycles. The molecule has 1 amide bonds. The molecule has 180 valence electrons. The number of rotatable bonds is 5. The van der Waals surface area contributed by atoms with Crippen LogP contribution in [0.2, 0.25) is 0 Å². The smallest absolute Gasteiger partial charge is 0.421 e. The lowest BCUT2D eigenvalue weighted by molar-refractivity contribution is -0.391. The molecule has 35 heavy (non-hydrogen) atoms. The molecule has 1 aliphatic rings. The van der Waals surface area contributed by atoms with Gasteiger partial charge in [0.25, 0.3) is 5.91 Å². The molecule has 0 aliphatic carbocycles. The van der Waals surface area contributed by atoms with Crippen molar-refractivity contribution in [1.29, 1.82) is 5.26 Å². The maximum Gasteiger partial charge on any atom is 0.507 e. The van der Waals surface area contributed by atoms with Gasteiger partial charge in [0.05, 0.1) is 11.3 Å². The second-order valence-electron chi connectivity index (χ2n) is 7.18. The number of fused-ring (bicyclic) bond motifs is 1. The molecule has 4 rings (SSSR count). The fraction of sp³-hybridized carbons (Fsp3) is 0.136. The third-order valence-electron chi connectivity index (χ3n) is 4.74. The Hall–Kier alpha value is -4.47. The van der Waals surface area contributed by atoms with Crippen LogP contribution in [-0.4, -0.2) is 23.1 Å². The average Bonchev–Trinajstić information content (AvgIpc) is 2.80. The summed E-state index contributed by atoms with van der Waals surface area (Å²) in [7, 11) is 0. The predicted octanol–water partition coefficient (Wildman–Crippen LogP) is 5.05. The molecule has 0 saturated carbocycles. The molecule has 0 spiro atoms. The molecule has 0 saturated heterocycles. The number of nitrogens with zero attached hydrogens (tertiary/aromatic N) is 2. The molecular weight excluding hydrogens is 482 g/mol. The molecular formula is C22H12F6N4O3. The number of pyridine rings is 1. The molecule has 7 nitrogen and oxygen atoms in total. The number of ether oxygens (including phenoxy) is 2. The third-order valence-corrected chi connectivity index (χ3v) is 4.74. The van der Waals surface area contributed by atoms with E-state index in [1.165, 1.54) is 12.3 Å². The first-order valence-corrected chi connectivity index (χ1v) is 9.66. The van der Waals surface area contributed by atoms with Crippen molar-refractivity contribution in [3.05, 3.63) is 77.1 Å². The topological polar surface area (TPSA) is 96.3 Å². The van der Waals surface area contributed by atoms with Gasteiger partial charge in [-0.25, -0.2) is 13.8 Å². The van der Waals surface area contributed by atoms with Gasteiger partial charge < -0.3 is 20.1 Å². The van der Waals surface area contributed by atoms with Crippen LogP contribution in [-0.2, 0) is 6.54 Å². The van der Waals surface area contributed by atoms with Crippen molar-refractivity contribution in [2.75, 3.05) is 10.6 Å². The Labute approximate surface area is 192 Å². The molecule has 2 N–H and O–H groups in total. The zero-order chi connectivity index (χ0) is 25.4. The first-order valence-electron chi connectivity index (χ1n) is 9.66. The van der Waals surface area contributed by atoms with E-state index >= 15 is 0 Å². The summed E-state index contributed by atoms with van der Waals surface area (Å²) in [6.45, 7) is 0.00979. The van der Waals surface area contributed by atoms with Gasteiger partial charge in [0.15, 0.2) is 23.1 Å². The zero-order valence-electron chi connectivity index (χ0n) is 17.2. The minimum atomic E-state index is -4.96. The minimum absolute atomic E-state index is 0.00979. The first-order chi connectivity index (χ1) is 16.5. The second kappa shape index (κ2) is 8.71. The average molecular weight is 494 g/mol. The highest BCUT2D eigenvalue weighted by Gasteiger charge is 2.65. The Morgan fingerprint density at radius 2 is 1.66 bits per heavy atom. The lowest BCUT2D eigenvalue weighted by atomic mass is 10.1. The minimum Gasteiger partial charge on any atom is -0.421 e. The van der Waals surface area contributed by atoms with E-state index in [0.717, 1.165) is 24.3 Å². The Morgan fingerprint density at radius 1 is 0.971 bits per heavy atom. The van der Waals surface area contributed by atoms with Crippen LogP contribution < -0.4 is 20.1 Å². The van der Waals surface area contributed by atoms with Crippen molar-refractivity contribution in [2.45, 2.75) is 18.8 Å². The van der Waals surface area contributed by atoms with Crippen LogP contribution >= 0.6 is 0 Å². The molecule has 0 atom stereocenters. The van der Waals surface area contributed by atoms with Gasteiger partial charge in [0, 0.05) is 30.6 Å². The van der Waals surface area contributed by atoms with Gasteiger partial charge in [-0.2, -0.15) is 22.8 Å². The van der Waals surface area contributed by atoms with E-state index in [4.69, 9.17) is 5.26 Å². The molecule has 0 radical (unpaired) electrons. The van der Waals surface area contributed by atoms with E-state index < -0.39 is 41.3 Å². The molecule has 0 fully saturated rings. The van der Waals surface area contributed by atoms with E-state index in [0.29, 0.717) is 11.6 Å². The third kappa shape index (κ3) is 4.77. The van der Waals surface area contributed by atoms with Crippen LogP contribution in [0, 0.1) is 23.0 Å². The zero-order valence-corrected chi connectivity index (χ0v) is 17.2. The molecule has 0 bridgehead atoms. The number of benzene rings is 2. The fourth-order valence-electron chi connectivity index (χ4n) is 3.07. The number of nitrogens with one attached hydrogen (secondary N) is 2. The van der Waals surface area contributed by atoms with Gasteiger partial charge in [0.2, 0.25) is 0 Å². The van der Waals surface area contributed by atoms with Gasteiger partial charge in [0.1, 0.15) is 11.8 Å². The Balaban J connectivity index is 1.57. The van der Waals surface area contributed by atoms with Crippen molar-refractivity contribution in [3.63, 3.8) is 0 Å². The van der Waals surface area contributed by atoms with Gasteiger partial charge in [-0.3, -0.25) is 4.79 Å². The van der Waals surface area contributed by atoms with Crippen molar-refractivity contribution >= 4 is 17.3 Å². The Kier molecular flexibility index (Phi) is 5.89. The van der Waals surface area contributed by atoms with Crippen LogP contribution in [0.5, 0.6) is 11.5 Å². The van der Waals surface area contributed by atoms with Crippen molar-refractivity contribution in [3.8, 4) is 17.6 Å². The van der Waals surface area contributed by atoms with Crippen LogP contribution in [0.1, 0.15) is 21.6 Å². The van der Waals surface area contributed by atoms with Gasteiger partial charge in [-0.1, -0.05) is 0 Å². The fourth-order valence-corrected chi connectivity index (χ4v) is 3.07. The molecule has 13 heteroatoms. The monoisotopic (exact) mass is 494 g/mol. The van der Waals surface area contributed by atoms with Crippen LogP contribution in [0.4, 0.5) is 37.7 Å². The summed E-state index contributed by atoms with van der Waals surface area (Å²) in [6, 6.07) is 8.95. The van der Waals surface area contributed by atoms with Gasteiger partial charge in [-0.15, -0.1) is 0 Å². The maximum absolute atomic E-state index is 13.9. The van der Waals surface area contributed by atoms with Crippen LogP contribution in [0.15, 0.2) is 48.7 Å². The van der Waals surface area contributed by atoms with Gasteiger partial charge >= 0.3 is 12.2 Å². The number of halogens is 6. The second-order valence-corrected chi connectivity index (χ2v) is 7.18. The van der Waals surface area contributed by atoms with E-state index in [9.17, 15) is 31.1 Å². The van der Waals surface area contributed by atoms with Crippen molar-refractivity contribution in [2.24, 2.45) is 0 Å². The number of hydrogen-bond donors (Lipinski definition) is 2. The van der Waals surface area contributed by atoms with Crippen LogP contribution in [0.25, 0.3) is 0 Å². The largest absolute Gasteiger partial charge is 0.507 e. The first kappa shape index (κ1) is 23.7.